The molecular formula is C26H51N3O3. The van der Waals surface area contributed by atoms with Crippen LogP contribution in [0.4, 0.5) is 0 Å². The first-order valence-electron chi connectivity index (χ1n) is 13.5. The number of aromatic nitrogens is 3. The predicted octanol–water partition coefficient (Wildman–Crippen LogP) is 5.75. The lowest BCUT2D eigenvalue weighted by molar-refractivity contribution is -0.0349. The van der Waals surface area contributed by atoms with E-state index in [1.54, 1.807) is 6.20 Å². The third kappa shape index (κ3) is 12.9. The molecule has 0 aliphatic rings. The normalized spacial score (nSPS) is 14.5. The Bertz CT molecular complexity index is 538. The lowest BCUT2D eigenvalue weighted by Gasteiger charge is -2.25. The van der Waals surface area contributed by atoms with E-state index in [9.17, 15) is 15.3 Å². The van der Waals surface area contributed by atoms with E-state index in [1.165, 1.54) is 88.2 Å². The van der Waals surface area contributed by atoms with E-state index >= 15 is 0 Å². The summed E-state index contributed by atoms with van der Waals surface area (Å²) in [4.78, 5) is 0. The van der Waals surface area contributed by atoms with Gasteiger partial charge in [-0.05, 0) is 19.3 Å². The minimum Gasteiger partial charge on any atom is -0.394 e. The van der Waals surface area contributed by atoms with Gasteiger partial charge in [0, 0.05) is 6.20 Å². The molecule has 6 heteroatoms. The summed E-state index contributed by atoms with van der Waals surface area (Å²) in [5.41, 5.74) is 0.887. The average Bonchev–Trinajstić information content (AvgIpc) is 3.26. The number of unbranched alkanes of at least 4 members (excludes halogenated alkanes) is 14. The molecule has 1 rings (SSSR count). The van der Waals surface area contributed by atoms with Crippen LogP contribution in [0, 0.1) is 0 Å². The van der Waals surface area contributed by atoms with Crippen LogP contribution in [0.5, 0.6) is 0 Å². The van der Waals surface area contributed by atoms with Gasteiger partial charge in [-0.15, -0.1) is 5.10 Å². The summed E-state index contributed by atoms with van der Waals surface area (Å²) in [5.74, 6) is 0. The molecule has 0 saturated carbocycles. The molecule has 3 N–H and O–H groups in total. The highest BCUT2D eigenvalue weighted by molar-refractivity contribution is 4.95. The number of hydrogen-bond donors (Lipinski definition) is 3. The Kier molecular flexibility index (Phi) is 17.7. The molecule has 188 valence electrons. The van der Waals surface area contributed by atoms with Gasteiger partial charge in [0.2, 0.25) is 0 Å². The standard InChI is InChI=1S/C26H51N3O3/c1-3-5-7-8-9-10-11-12-13-14-15-16-17-18-19-23-21-29(28-27-23)24(22-30)26(32)25(31)20-6-4-2/h21,24-26,30-32H,3-20,22H2,1-2H3/t24-,25+,26-/m0/s1. The molecule has 1 aromatic heterocycles. The molecule has 6 nitrogen and oxygen atoms in total. The maximum atomic E-state index is 10.4. The van der Waals surface area contributed by atoms with Gasteiger partial charge in [0.25, 0.3) is 0 Å². The van der Waals surface area contributed by atoms with Gasteiger partial charge in [0.15, 0.2) is 0 Å². The molecule has 0 aromatic carbocycles. The maximum absolute atomic E-state index is 10.4. The van der Waals surface area contributed by atoms with Crippen LogP contribution < -0.4 is 0 Å². The van der Waals surface area contributed by atoms with Crippen molar-refractivity contribution in [1.29, 1.82) is 0 Å². The lowest BCUT2D eigenvalue weighted by atomic mass is 10.0. The zero-order chi connectivity index (χ0) is 23.4. The third-order valence-corrected chi connectivity index (χ3v) is 6.51. The molecule has 32 heavy (non-hydrogen) atoms. The van der Waals surface area contributed by atoms with E-state index in [1.807, 2.05) is 6.92 Å². The predicted molar refractivity (Wildman–Crippen MR) is 132 cm³/mol. The fourth-order valence-corrected chi connectivity index (χ4v) is 4.28. The van der Waals surface area contributed by atoms with Crippen LogP contribution in [0.1, 0.15) is 135 Å². The van der Waals surface area contributed by atoms with E-state index in [0.717, 1.165) is 31.4 Å². The summed E-state index contributed by atoms with van der Waals surface area (Å²) >= 11 is 0. The molecule has 0 aliphatic heterocycles. The first-order chi connectivity index (χ1) is 15.6. The number of aryl methyl sites for hydroxylation is 1. The van der Waals surface area contributed by atoms with Crippen molar-refractivity contribution in [2.24, 2.45) is 0 Å². The Morgan fingerprint density at radius 3 is 1.75 bits per heavy atom. The zero-order valence-electron chi connectivity index (χ0n) is 20.9. The van der Waals surface area contributed by atoms with Gasteiger partial charge in [-0.25, -0.2) is 4.68 Å². The van der Waals surface area contributed by atoms with Gasteiger partial charge < -0.3 is 15.3 Å². The van der Waals surface area contributed by atoms with Gasteiger partial charge in [0.1, 0.15) is 12.1 Å². The molecule has 0 amide bonds. The average molecular weight is 454 g/mol. The molecule has 0 radical (unpaired) electrons. The molecular weight excluding hydrogens is 402 g/mol. The molecule has 0 spiro atoms. The number of nitrogens with zero attached hydrogens (tertiary/aromatic N) is 3. The summed E-state index contributed by atoms with van der Waals surface area (Å²) in [6.07, 6.45) is 21.9. The quantitative estimate of drug-likeness (QED) is 0.195. The Morgan fingerprint density at radius 2 is 1.25 bits per heavy atom. The smallest absolute Gasteiger partial charge is 0.105 e. The van der Waals surface area contributed by atoms with Crippen molar-refractivity contribution in [2.45, 2.75) is 148 Å². The molecule has 1 heterocycles. The van der Waals surface area contributed by atoms with E-state index in [0.29, 0.717) is 6.42 Å². The van der Waals surface area contributed by atoms with Gasteiger partial charge in [-0.3, -0.25) is 0 Å². The number of hydrogen-bond acceptors (Lipinski definition) is 5. The second-order valence-electron chi connectivity index (χ2n) is 9.49. The molecule has 0 unspecified atom stereocenters. The van der Waals surface area contributed by atoms with Crippen molar-refractivity contribution in [3.8, 4) is 0 Å². The van der Waals surface area contributed by atoms with Gasteiger partial charge in [-0.2, -0.15) is 0 Å². The summed E-state index contributed by atoms with van der Waals surface area (Å²) in [6, 6.07) is -0.653. The van der Waals surface area contributed by atoms with Crippen LogP contribution in [0.15, 0.2) is 6.20 Å². The second kappa shape index (κ2) is 19.5. The van der Waals surface area contributed by atoms with Crippen molar-refractivity contribution in [3.05, 3.63) is 11.9 Å². The fraction of sp³-hybridized carbons (Fsp3) is 0.923. The zero-order valence-corrected chi connectivity index (χ0v) is 20.9. The van der Waals surface area contributed by atoms with E-state index < -0.39 is 18.2 Å². The Labute approximate surface area is 196 Å². The summed E-state index contributed by atoms with van der Waals surface area (Å²) in [6.45, 7) is 4.05. The highest BCUT2D eigenvalue weighted by Crippen LogP contribution is 2.18. The fourth-order valence-electron chi connectivity index (χ4n) is 4.28. The van der Waals surface area contributed by atoms with Crippen LogP contribution >= 0.6 is 0 Å². The van der Waals surface area contributed by atoms with Crippen molar-refractivity contribution in [1.82, 2.24) is 15.0 Å². The number of aliphatic hydroxyl groups is 3. The van der Waals surface area contributed by atoms with Crippen LogP contribution in [0.3, 0.4) is 0 Å². The van der Waals surface area contributed by atoms with Gasteiger partial charge >= 0.3 is 0 Å². The van der Waals surface area contributed by atoms with Crippen LogP contribution in [-0.2, 0) is 6.42 Å². The highest BCUT2D eigenvalue weighted by Gasteiger charge is 2.28. The lowest BCUT2D eigenvalue weighted by Crippen LogP contribution is -2.37. The highest BCUT2D eigenvalue weighted by atomic mass is 16.3. The molecule has 3 atom stereocenters. The second-order valence-corrected chi connectivity index (χ2v) is 9.49. The molecule has 0 aliphatic carbocycles. The Morgan fingerprint density at radius 1 is 0.750 bits per heavy atom. The first kappa shape index (κ1) is 29.1. The number of aliphatic hydroxyl groups excluding tert-OH is 3. The maximum Gasteiger partial charge on any atom is 0.105 e. The first-order valence-corrected chi connectivity index (χ1v) is 13.5. The minimum absolute atomic E-state index is 0.272. The van der Waals surface area contributed by atoms with Crippen LogP contribution in [-0.4, -0.2) is 49.1 Å². The van der Waals surface area contributed by atoms with Crippen LogP contribution in [0.25, 0.3) is 0 Å². The van der Waals surface area contributed by atoms with E-state index in [-0.39, 0.29) is 6.61 Å². The minimum atomic E-state index is -1.04. The van der Waals surface area contributed by atoms with Crippen molar-refractivity contribution < 1.29 is 15.3 Å². The van der Waals surface area contributed by atoms with E-state index in [4.69, 9.17) is 0 Å². The topological polar surface area (TPSA) is 91.4 Å². The molecule has 0 fully saturated rings. The Hall–Kier alpha value is -0.980. The summed E-state index contributed by atoms with van der Waals surface area (Å²) in [7, 11) is 0. The summed E-state index contributed by atoms with van der Waals surface area (Å²) in [5, 5.41) is 38.5. The number of rotatable bonds is 22. The largest absolute Gasteiger partial charge is 0.394 e. The molecule has 0 bridgehead atoms. The third-order valence-electron chi connectivity index (χ3n) is 6.51. The van der Waals surface area contributed by atoms with Crippen molar-refractivity contribution in [2.75, 3.05) is 6.61 Å². The monoisotopic (exact) mass is 453 g/mol. The van der Waals surface area contributed by atoms with E-state index in [2.05, 4.69) is 17.2 Å². The molecule has 0 saturated heterocycles. The van der Waals surface area contributed by atoms with Gasteiger partial charge in [0.05, 0.1) is 18.4 Å². The van der Waals surface area contributed by atoms with Gasteiger partial charge in [-0.1, -0.05) is 115 Å². The van der Waals surface area contributed by atoms with Crippen molar-refractivity contribution in [3.63, 3.8) is 0 Å². The summed E-state index contributed by atoms with van der Waals surface area (Å²) < 4.78 is 1.51. The molecule has 1 aromatic rings. The van der Waals surface area contributed by atoms with Crippen molar-refractivity contribution >= 4 is 0 Å². The van der Waals surface area contributed by atoms with Crippen LogP contribution in [0.2, 0.25) is 0 Å². The Balaban J connectivity index is 2.10. The SMILES string of the molecule is CCCCCCCCCCCCCCCCc1cn([C@@H](CO)[C@H](O)[C@H](O)CCCC)nn1.